The Morgan fingerprint density at radius 1 is 1.26 bits per heavy atom. The molecule has 0 spiro atoms. The number of likely N-dealkylation sites (tertiary alicyclic amines) is 1. The van der Waals surface area contributed by atoms with Crippen LogP contribution >= 0.6 is 23.2 Å². The van der Waals surface area contributed by atoms with Crippen LogP contribution in [0, 0.1) is 5.41 Å². The van der Waals surface area contributed by atoms with E-state index in [0.717, 1.165) is 0 Å². The second-order valence-electron chi connectivity index (χ2n) is 7.23. The lowest BCUT2D eigenvalue weighted by Gasteiger charge is -2.35. The molecule has 2 atom stereocenters. The van der Waals surface area contributed by atoms with Crippen LogP contribution in [0.15, 0.2) is 18.2 Å². The van der Waals surface area contributed by atoms with E-state index in [4.69, 9.17) is 32.7 Å². The number of benzene rings is 1. The maximum absolute atomic E-state index is 13.1. The Balaban J connectivity index is 2.00. The first kappa shape index (κ1) is 20.0. The third kappa shape index (κ3) is 3.09. The van der Waals surface area contributed by atoms with Crippen LogP contribution < -0.4 is 0 Å². The highest BCUT2D eigenvalue weighted by molar-refractivity contribution is 6.42. The standard InChI is InChI=1S/C19H21Cl2NO5/c1-4-26-16(24)18-9-19(18,12-5-6-13(20)14(21)7-12)15(23)8-22(10-18)17(25)27-11(2)3/h5-7,11H,4,8-10H2,1-3H3. The molecule has 1 aliphatic heterocycles. The number of carbonyl (C=O) groups is 3. The zero-order chi connectivity index (χ0) is 20.0. The van der Waals surface area contributed by atoms with Gasteiger partial charge in [0.1, 0.15) is 5.41 Å². The van der Waals surface area contributed by atoms with E-state index in [2.05, 4.69) is 0 Å². The van der Waals surface area contributed by atoms with E-state index >= 15 is 0 Å². The number of hydrogen-bond donors (Lipinski definition) is 0. The van der Waals surface area contributed by atoms with Crippen LogP contribution in [0.5, 0.6) is 0 Å². The van der Waals surface area contributed by atoms with Gasteiger partial charge < -0.3 is 9.47 Å². The summed E-state index contributed by atoms with van der Waals surface area (Å²) in [6.45, 7) is 5.26. The van der Waals surface area contributed by atoms with Crippen LogP contribution in [0.1, 0.15) is 32.8 Å². The van der Waals surface area contributed by atoms with Gasteiger partial charge in [0.25, 0.3) is 0 Å². The van der Waals surface area contributed by atoms with Crippen LogP contribution in [-0.2, 0) is 24.5 Å². The summed E-state index contributed by atoms with van der Waals surface area (Å²) in [5.74, 6) is -0.729. The second kappa shape index (κ2) is 6.99. The Kier molecular flexibility index (Phi) is 5.16. The average Bonchev–Trinajstić information content (AvgIpc) is 3.29. The van der Waals surface area contributed by atoms with Crippen molar-refractivity contribution in [3.8, 4) is 0 Å². The van der Waals surface area contributed by atoms with Gasteiger partial charge in [-0.2, -0.15) is 0 Å². The summed E-state index contributed by atoms with van der Waals surface area (Å²) >= 11 is 12.1. The molecule has 1 amide bonds. The number of halogens is 2. The lowest BCUT2D eigenvalue weighted by molar-refractivity contribution is -0.154. The maximum atomic E-state index is 13.1. The first-order valence-electron chi connectivity index (χ1n) is 8.79. The Bertz CT molecular complexity index is 811. The van der Waals surface area contributed by atoms with E-state index < -0.39 is 22.9 Å². The van der Waals surface area contributed by atoms with Crippen molar-refractivity contribution in [1.29, 1.82) is 0 Å². The number of hydrogen-bond acceptors (Lipinski definition) is 5. The van der Waals surface area contributed by atoms with Crippen molar-refractivity contribution in [2.75, 3.05) is 19.7 Å². The highest BCUT2D eigenvalue weighted by Crippen LogP contribution is 2.68. The number of rotatable bonds is 4. The minimum atomic E-state index is -1.13. The smallest absolute Gasteiger partial charge is 0.410 e. The van der Waals surface area contributed by atoms with Gasteiger partial charge in [-0.05, 0) is 44.9 Å². The van der Waals surface area contributed by atoms with Gasteiger partial charge in [-0.15, -0.1) is 0 Å². The van der Waals surface area contributed by atoms with Crippen molar-refractivity contribution in [3.05, 3.63) is 33.8 Å². The van der Waals surface area contributed by atoms with E-state index in [-0.39, 0.29) is 38.0 Å². The van der Waals surface area contributed by atoms with E-state index in [1.807, 2.05) is 0 Å². The summed E-state index contributed by atoms with van der Waals surface area (Å²) in [6.07, 6.45) is -0.676. The minimum absolute atomic E-state index is 0.0589. The van der Waals surface area contributed by atoms with E-state index in [1.165, 1.54) is 4.90 Å². The van der Waals surface area contributed by atoms with Crippen LogP contribution in [0.2, 0.25) is 10.0 Å². The molecule has 1 saturated heterocycles. The molecule has 1 aromatic rings. The fraction of sp³-hybridized carbons (Fsp3) is 0.526. The zero-order valence-electron chi connectivity index (χ0n) is 15.4. The third-order valence-electron chi connectivity index (χ3n) is 5.20. The second-order valence-corrected chi connectivity index (χ2v) is 8.04. The molecular weight excluding hydrogens is 393 g/mol. The van der Waals surface area contributed by atoms with Gasteiger partial charge in [0.2, 0.25) is 0 Å². The molecule has 2 aliphatic rings. The Morgan fingerprint density at radius 3 is 2.56 bits per heavy atom. The number of Topliss-reactive ketones (excluding diaryl/α,β-unsaturated/α-hetero) is 1. The van der Waals surface area contributed by atoms with Crippen LogP contribution in [0.4, 0.5) is 4.79 Å². The molecule has 1 aromatic carbocycles. The highest BCUT2D eigenvalue weighted by atomic mass is 35.5. The maximum Gasteiger partial charge on any atom is 0.410 e. The van der Waals surface area contributed by atoms with E-state index in [9.17, 15) is 14.4 Å². The van der Waals surface area contributed by atoms with Gasteiger partial charge in [-0.3, -0.25) is 14.5 Å². The molecular formula is C19H21Cl2NO5. The van der Waals surface area contributed by atoms with Gasteiger partial charge in [-0.1, -0.05) is 29.3 Å². The van der Waals surface area contributed by atoms with Gasteiger partial charge in [0, 0.05) is 6.54 Å². The minimum Gasteiger partial charge on any atom is -0.465 e. The van der Waals surface area contributed by atoms with E-state index in [1.54, 1.807) is 39.0 Å². The molecule has 1 aliphatic carbocycles. The summed E-state index contributed by atoms with van der Waals surface area (Å²) < 4.78 is 10.5. The topological polar surface area (TPSA) is 72.9 Å². The molecule has 6 nitrogen and oxygen atoms in total. The van der Waals surface area contributed by atoms with E-state index in [0.29, 0.717) is 15.6 Å². The first-order chi connectivity index (χ1) is 12.7. The van der Waals surface area contributed by atoms with Gasteiger partial charge in [-0.25, -0.2) is 4.79 Å². The molecule has 8 heteroatoms. The van der Waals surface area contributed by atoms with Crippen LogP contribution in [0.3, 0.4) is 0 Å². The lowest BCUT2D eigenvalue weighted by atomic mass is 9.79. The predicted octanol–water partition coefficient (Wildman–Crippen LogP) is 3.61. The molecule has 0 N–H and O–H groups in total. The Labute approximate surface area is 167 Å². The summed E-state index contributed by atoms with van der Waals surface area (Å²) in [7, 11) is 0. The SMILES string of the molecule is CCOC(=O)C12CN(C(=O)OC(C)C)CC(=O)C1(c1ccc(Cl)c(Cl)c1)C2. The summed E-state index contributed by atoms with van der Waals surface area (Å²) in [5, 5.41) is 0.673. The van der Waals surface area contributed by atoms with Crippen molar-refractivity contribution in [2.24, 2.45) is 5.41 Å². The van der Waals surface area contributed by atoms with Crippen molar-refractivity contribution >= 4 is 41.0 Å². The number of ketones is 1. The molecule has 1 saturated carbocycles. The third-order valence-corrected chi connectivity index (χ3v) is 5.94. The Morgan fingerprint density at radius 2 is 1.96 bits per heavy atom. The molecule has 3 rings (SSSR count). The molecule has 27 heavy (non-hydrogen) atoms. The molecule has 0 bridgehead atoms. The quantitative estimate of drug-likeness (QED) is 0.704. The molecule has 146 valence electrons. The highest BCUT2D eigenvalue weighted by Gasteiger charge is 2.79. The first-order valence-corrected chi connectivity index (χ1v) is 9.55. The number of fused-ring (bicyclic) bond motifs is 1. The van der Waals surface area contributed by atoms with Crippen molar-refractivity contribution in [2.45, 2.75) is 38.7 Å². The zero-order valence-corrected chi connectivity index (χ0v) is 16.9. The normalized spacial score (nSPS) is 26.6. The number of amides is 1. The van der Waals surface area contributed by atoms with Crippen LogP contribution in [-0.4, -0.2) is 48.5 Å². The molecule has 2 fully saturated rings. The monoisotopic (exact) mass is 413 g/mol. The van der Waals surface area contributed by atoms with Crippen molar-refractivity contribution in [1.82, 2.24) is 4.90 Å². The Hall–Kier alpha value is -1.79. The summed E-state index contributed by atoms with van der Waals surface area (Å²) in [4.78, 5) is 39.6. The molecule has 1 heterocycles. The summed E-state index contributed by atoms with van der Waals surface area (Å²) in [5.41, 5.74) is -1.57. The molecule has 2 unspecified atom stereocenters. The van der Waals surface area contributed by atoms with Gasteiger partial charge in [0.05, 0.1) is 34.7 Å². The largest absolute Gasteiger partial charge is 0.465 e. The van der Waals surface area contributed by atoms with Gasteiger partial charge >= 0.3 is 12.1 Å². The molecule has 0 aromatic heterocycles. The number of piperidine rings is 1. The number of ether oxygens (including phenoxy) is 2. The van der Waals surface area contributed by atoms with Crippen LogP contribution in [0.25, 0.3) is 0 Å². The summed E-state index contributed by atoms with van der Waals surface area (Å²) in [6, 6.07) is 4.93. The molecule has 0 radical (unpaired) electrons. The van der Waals surface area contributed by atoms with Crippen molar-refractivity contribution < 1.29 is 23.9 Å². The number of nitrogens with zero attached hydrogens (tertiary/aromatic N) is 1. The van der Waals surface area contributed by atoms with Gasteiger partial charge in [0.15, 0.2) is 5.78 Å². The number of carbonyl (C=O) groups excluding carboxylic acids is 3. The fourth-order valence-corrected chi connectivity index (χ4v) is 4.24. The number of esters is 1. The van der Waals surface area contributed by atoms with Crippen molar-refractivity contribution in [3.63, 3.8) is 0 Å². The lowest BCUT2D eigenvalue weighted by Crippen LogP contribution is -2.53. The predicted molar refractivity (Wildman–Crippen MR) is 100 cm³/mol. The fourth-order valence-electron chi connectivity index (χ4n) is 3.94. The average molecular weight is 414 g/mol.